The van der Waals surface area contributed by atoms with Gasteiger partial charge in [0.1, 0.15) is 18.0 Å². The molecule has 0 atom stereocenters. The lowest BCUT2D eigenvalue weighted by Crippen LogP contribution is -2.17. The summed E-state index contributed by atoms with van der Waals surface area (Å²) in [5.74, 6) is 0.251. The van der Waals surface area contributed by atoms with Crippen LogP contribution in [0.1, 0.15) is 52.3 Å². The summed E-state index contributed by atoms with van der Waals surface area (Å²) in [7, 11) is 1.99. The molecule has 39 heavy (non-hydrogen) atoms. The molecule has 0 radical (unpaired) electrons. The van der Waals surface area contributed by atoms with Crippen LogP contribution in [-0.2, 0) is 19.6 Å². The Morgan fingerprint density at radius 3 is 2.38 bits per heavy atom. The van der Waals surface area contributed by atoms with Gasteiger partial charge in [0.2, 0.25) is 0 Å². The van der Waals surface area contributed by atoms with Crippen molar-refractivity contribution in [3.63, 3.8) is 0 Å². The summed E-state index contributed by atoms with van der Waals surface area (Å²) in [5.41, 5.74) is 6.93. The molecule has 0 spiro atoms. The van der Waals surface area contributed by atoms with Crippen molar-refractivity contribution in [1.29, 1.82) is 0 Å². The standard InChI is InChI=1S/C31H33Cl2N3O3/c1-19(2)14-25-21(4)34-36(30-26(32)10-7-11-27(30)33)29(25)18-39-24-12-13-28(20(3)15-24)35(5)17-22-8-6-9-23(16-22)31(37)38/h6-13,15-16,19H,14,17-18H2,1-5H3,(H,37,38). The largest absolute Gasteiger partial charge is 0.487 e. The summed E-state index contributed by atoms with van der Waals surface area (Å²) in [5, 5.41) is 15.2. The molecule has 1 N–H and O–H groups in total. The van der Waals surface area contributed by atoms with E-state index in [0.717, 1.165) is 45.9 Å². The summed E-state index contributed by atoms with van der Waals surface area (Å²) >= 11 is 13.1. The van der Waals surface area contributed by atoms with Gasteiger partial charge >= 0.3 is 5.97 Å². The summed E-state index contributed by atoms with van der Waals surface area (Å²) in [6.07, 6.45) is 0.860. The number of ether oxygens (including phenoxy) is 1. The number of rotatable bonds is 10. The zero-order valence-corrected chi connectivity index (χ0v) is 24.3. The van der Waals surface area contributed by atoms with Crippen molar-refractivity contribution in [2.75, 3.05) is 11.9 Å². The summed E-state index contributed by atoms with van der Waals surface area (Å²) in [4.78, 5) is 13.4. The van der Waals surface area contributed by atoms with Crippen LogP contribution < -0.4 is 9.64 Å². The van der Waals surface area contributed by atoms with E-state index >= 15 is 0 Å². The molecule has 0 saturated heterocycles. The fourth-order valence-electron chi connectivity index (χ4n) is 4.77. The van der Waals surface area contributed by atoms with Crippen molar-refractivity contribution in [3.05, 3.63) is 104 Å². The number of para-hydroxylation sites is 1. The lowest BCUT2D eigenvalue weighted by molar-refractivity contribution is 0.0696. The molecule has 3 aromatic carbocycles. The number of carbonyl (C=O) groups is 1. The highest BCUT2D eigenvalue weighted by Gasteiger charge is 2.21. The average molecular weight is 567 g/mol. The van der Waals surface area contributed by atoms with E-state index in [1.807, 2.05) is 68.0 Å². The first-order chi connectivity index (χ1) is 18.5. The van der Waals surface area contributed by atoms with E-state index in [9.17, 15) is 9.90 Å². The average Bonchev–Trinajstić information content (AvgIpc) is 3.16. The van der Waals surface area contributed by atoms with Crippen LogP contribution in [0.2, 0.25) is 10.0 Å². The van der Waals surface area contributed by atoms with E-state index in [1.54, 1.807) is 18.2 Å². The number of halogens is 2. The molecule has 0 aliphatic heterocycles. The Kier molecular flexibility index (Phi) is 8.88. The van der Waals surface area contributed by atoms with Crippen LogP contribution in [0.3, 0.4) is 0 Å². The summed E-state index contributed by atoms with van der Waals surface area (Å²) in [6, 6.07) is 18.4. The lowest BCUT2D eigenvalue weighted by Gasteiger charge is -2.22. The molecule has 4 rings (SSSR count). The van der Waals surface area contributed by atoms with Gasteiger partial charge in [-0.05, 0) is 79.8 Å². The molecular formula is C31H33Cl2N3O3. The van der Waals surface area contributed by atoms with Gasteiger partial charge in [-0.15, -0.1) is 0 Å². The monoisotopic (exact) mass is 565 g/mol. The van der Waals surface area contributed by atoms with Crippen molar-refractivity contribution < 1.29 is 14.6 Å². The van der Waals surface area contributed by atoms with Crippen molar-refractivity contribution in [3.8, 4) is 11.4 Å². The molecule has 1 aromatic heterocycles. The van der Waals surface area contributed by atoms with Gasteiger partial charge in [0.15, 0.2) is 0 Å². The topological polar surface area (TPSA) is 67.6 Å². The molecular weight excluding hydrogens is 533 g/mol. The highest BCUT2D eigenvalue weighted by Crippen LogP contribution is 2.32. The highest BCUT2D eigenvalue weighted by molar-refractivity contribution is 6.37. The van der Waals surface area contributed by atoms with E-state index in [-0.39, 0.29) is 5.56 Å². The molecule has 0 amide bonds. The predicted molar refractivity (Wildman–Crippen MR) is 158 cm³/mol. The Labute approximate surface area is 239 Å². The Bertz CT molecular complexity index is 1480. The van der Waals surface area contributed by atoms with E-state index < -0.39 is 5.97 Å². The third kappa shape index (κ3) is 6.57. The van der Waals surface area contributed by atoms with Crippen LogP contribution in [0, 0.1) is 19.8 Å². The molecule has 0 aliphatic carbocycles. The van der Waals surface area contributed by atoms with E-state index in [2.05, 4.69) is 18.7 Å². The number of carboxylic acids is 1. The maximum atomic E-state index is 11.3. The van der Waals surface area contributed by atoms with E-state index in [0.29, 0.717) is 34.8 Å². The van der Waals surface area contributed by atoms with Crippen LogP contribution in [-0.4, -0.2) is 27.9 Å². The van der Waals surface area contributed by atoms with Crippen molar-refractivity contribution in [1.82, 2.24) is 9.78 Å². The number of aromatic nitrogens is 2. The minimum Gasteiger partial charge on any atom is -0.487 e. The number of aryl methyl sites for hydroxylation is 2. The van der Waals surface area contributed by atoms with Gasteiger partial charge in [0.25, 0.3) is 0 Å². The molecule has 0 fully saturated rings. The van der Waals surface area contributed by atoms with Gasteiger partial charge in [-0.3, -0.25) is 0 Å². The van der Waals surface area contributed by atoms with Gasteiger partial charge in [-0.1, -0.05) is 55.2 Å². The number of carboxylic acid groups (broad SMARTS) is 1. The molecule has 0 saturated carbocycles. The second kappa shape index (κ2) is 12.1. The number of nitrogens with zero attached hydrogens (tertiary/aromatic N) is 3. The molecule has 0 unspecified atom stereocenters. The van der Waals surface area contributed by atoms with E-state index in [4.69, 9.17) is 33.0 Å². The first-order valence-corrected chi connectivity index (χ1v) is 13.6. The molecule has 0 aliphatic rings. The molecule has 8 heteroatoms. The lowest BCUT2D eigenvalue weighted by atomic mass is 10.0. The maximum Gasteiger partial charge on any atom is 0.335 e. The Hall–Kier alpha value is -3.48. The SMILES string of the molecule is Cc1cc(OCc2c(CC(C)C)c(C)nn2-c2c(Cl)cccc2Cl)ccc1N(C)Cc1cccc(C(=O)O)c1. The Balaban J connectivity index is 1.57. The van der Waals surface area contributed by atoms with Crippen molar-refractivity contribution >= 4 is 34.9 Å². The second-order valence-electron chi connectivity index (χ2n) is 10.2. The molecule has 4 aromatic rings. The fourth-order valence-corrected chi connectivity index (χ4v) is 5.32. The van der Waals surface area contributed by atoms with Gasteiger partial charge in [0.05, 0.1) is 27.0 Å². The molecule has 6 nitrogen and oxygen atoms in total. The van der Waals surface area contributed by atoms with Crippen molar-refractivity contribution in [2.45, 2.75) is 47.3 Å². The Morgan fingerprint density at radius 1 is 1.05 bits per heavy atom. The third-order valence-electron chi connectivity index (χ3n) is 6.60. The first-order valence-electron chi connectivity index (χ1n) is 12.8. The van der Waals surface area contributed by atoms with Crippen LogP contribution in [0.15, 0.2) is 60.7 Å². The number of aromatic carboxylic acids is 1. The highest BCUT2D eigenvalue weighted by atomic mass is 35.5. The normalized spacial score (nSPS) is 11.2. The summed E-state index contributed by atoms with van der Waals surface area (Å²) < 4.78 is 8.13. The van der Waals surface area contributed by atoms with Crippen LogP contribution in [0.4, 0.5) is 5.69 Å². The number of anilines is 1. The number of hydrogen-bond donors (Lipinski definition) is 1. The summed E-state index contributed by atoms with van der Waals surface area (Å²) in [6.45, 7) is 9.29. The zero-order valence-electron chi connectivity index (χ0n) is 22.8. The Morgan fingerprint density at radius 2 is 1.74 bits per heavy atom. The number of hydrogen-bond acceptors (Lipinski definition) is 4. The second-order valence-corrected chi connectivity index (χ2v) is 11.0. The van der Waals surface area contributed by atoms with Crippen molar-refractivity contribution in [2.24, 2.45) is 5.92 Å². The minimum atomic E-state index is -0.929. The van der Waals surface area contributed by atoms with Gasteiger partial charge in [-0.25, -0.2) is 9.48 Å². The molecule has 0 bridgehead atoms. The third-order valence-corrected chi connectivity index (χ3v) is 7.21. The molecule has 1 heterocycles. The van der Waals surface area contributed by atoms with Crippen LogP contribution >= 0.6 is 23.2 Å². The van der Waals surface area contributed by atoms with Gasteiger partial charge < -0.3 is 14.7 Å². The fraction of sp³-hybridized carbons (Fsp3) is 0.290. The number of benzene rings is 3. The smallest absolute Gasteiger partial charge is 0.335 e. The van der Waals surface area contributed by atoms with E-state index in [1.165, 1.54) is 0 Å². The van der Waals surface area contributed by atoms with Crippen LogP contribution in [0.25, 0.3) is 5.69 Å². The van der Waals surface area contributed by atoms with Crippen LogP contribution in [0.5, 0.6) is 5.75 Å². The minimum absolute atomic E-state index is 0.283. The zero-order chi connectivity index (χ0) is 28.3. The van der Waals surface area contributed by atoms with Gasteiger partial charge in [-0.2, -0.15) is 5.10 Å². The maximum absolute atomic E-state index is 11.3. The predicted octanol–water partition coefficient (Wildman–Crippen LogP) is 7.91. The first kappa shape index (κ1) is 28.5. The van der Waals surface area contributed by atoms with Gasteiger partial charge in [0, 0.05) is 24.8 Å². The molecule has 204 valence electrons. The quantitative estimate of drug-likeness (QED) is 0.211.